The minimum Gasteiger partial charge on any atom is -0.480 e. The molecule has 1 unspecified atom stereocenters. The molecule has 3 N–H and O–H groups in total. The van der Waals surface area contributed by atoms with E-state index in [1.54, 1.807) is 27.7 Å². The van der Waals surface area contributed by atoms with Crippen molar-refractivity contribution in [2.24, 2.45) is 5.41 Å². The molecule has 0 radical (unpaired) electrons. The van der Waals surface area contributed by atoms with Crippen LogP contribution in [0.5, 0.6) is 0 Å². The average Bonchev–Trinajstić information content (AvgIpc) is 2.19. The molecule has 0 fully saturated rings. The average molecular weight is 246 g/mol. The zero-order chi connectivity index (χ0) is 13.6. The number of nitrogens with one attached hydrogen (secondary N) is 1. The summed E-state index contributed by atoms with van der Waals surface area (Å²) in [6, 6.07) is -1.42. The molecular weight excluding hydrogens is 224 g/mol. The highest BCUT2D eigenvalue weighted by molar-refractivity contribution is 5.83. The summed E-state index contributed by atoms with van der Waals surface area (Å²) in [6.07, 6.45) is 0. The van der Waals surface area contributed by atoms with Crippen LogP contribution >= 0.6 is 0 Å². The van der Waals surface area contributed by atoms with Gasteiger partial charge in [-0.2, -0.15) is 0 Å². The maximum Gasteiger partial charge on any atom is 0.326 e. The first-order valence-electron chi connectivity index (χ1n) is 5.63. The van der Waals surface area contributed by atoms with Gasteiger partial charge in [-0.3, -0.25) is 0 Å². The van der Waals surface area contributed by atoms with Crippen molar-refractivity contribution in [3.8, 4) is 0 Å². The number of hydrogen-bond acceptors (Lipinski definition) is 3. The number of hydrogen-bond donors (Lipinski definition) is 3. The van der Waals surface area contributed by atoms with Crippen molar-refractivity contribution < 1.29 is 19.8 Å². The number of nitrogens with zero attached hydrogens (tertiary/aromatic N) is 1. The van der Waals surface area contributed by atoms with Crippen LogP contribution in [0.1, 0.15) is 27.7 Å². The molecule has 0 heterocycles. The number of aliphatic hydroxyl groups excluding tert-OH is 1. The molecule has 100 valence electrons. The third-order valence-electron chi connectivity index (χ3n) is 2.42. The maximum absolute atomic E-state index is 11.8. The van der Waals surface area contributed by atoms with E-state index in [4.69, 9.17) is 10.2 Å². The number of carboxylic acids is 1. The Bertz CT molecular complexity index is 273. The number of carbonyl (C=O) groups excluding carboxylic acids is 1. The van der Waals surface area contributed by atoms with Crippen LogP contribution in [0.2, 0.25) is 0 Å². The van der Waals surface area contributed by atoms with E-state index in [9.17, 15) is 9.59 Å². The summed E-state index contributed by atoms with van der Waals surface area (Å²) >= 11 is 0. The van der Waals surface area contributed by atoms with Crippen LogP contribution in [0.3, 0.4) is 0 Å². The number of rotatable bonds is 5. The van der Waals surface area contributed by atoms with Crippen LogP contribution in [0, 0.1) is 5.41 Å². The molecule has 0 spiro atoms. The summed E-state index contributed by atoms with van der Waals surface area (Å²) in [5.74, 6) is -1.06. The van der Waals surface area contributed by atoms with Crippen LogP contribution in [0.25, 0.3) is 0 Å². The van der Waals surface area contributed by atoms with Crippen molar-refractivity contribution in [1.82, 2.24) is 10.2 Å². The summed E-state index contributed by atoms with van der Waals surface area (Å²) in [7, 11) is 0. The minimum absolute atomic E-state index is 0.144. The van der Waals surface area contributed by atoms with Crippen molar-refractivity contribution in [3.05, 3.63) is 0 Å². The van der Waals surface area contributed by atoms with E-state index in [2.05, 4.69) is 5.32 Å². The lowest BCUT2D eigenvalue weighted by Gasteiger charge is -2.30. The van der Waals surface area contributed by atoms with Gasteiger partial charge >= 0.3 is 12.0 Å². The molecule has 0 saturated carbocycles. The highest BCUT2D eigenvalue weighted by Gasteiger charge is 2.33. The van der Waals surface area contributed by atoms with Crippen LogP contribution < -0.4 is 5.32 Å². The minimum atomic E-state index is -1.06. The molecule has 0 aliphatic carbocycles. The Hall–Kier alpha value is -1.30. The van der Waals surface area contributed by atoms with E-state index in [1.165, 1.54) is 4.90 Å². The molecule has 0 saturated heterocycles. The molecule has 0 aliphatic rings. The molecule has 1 atom stereocenters. The van der Waals surface area contributed by atoms with Crippen LogP contribution in [0.15, 0.2) is 0 Å². The van der Waals surface area contributed by atoms with E-state index < -0.39 is 23.5 Å². The Morgan fingerprint density at radius 2 is 1.88 bits per heavy atom. The van der Waals surface area contributed by atoms with Gasteiger partial charge in [-0.25, -0.2) is 9.59 Å². The summed E-state index contributed by atoms with van der Waals surface area (Å²) in [5.41, 5.74) is -0.569. The standard InChI is InChI=1S/C11H22N2O4/c1-5-13(6-7-14)10(17)12-8(9(15)16)11(2,3)4/h8,14H,5-7H2,1-4H3,(H,12,17)(H,15,16). The van der Waals surface area contributed by atoms with Crippen molar-refractivity contribution in [3.63, 3.8) is 0 Å². The zero-order valence-corrected chi connectivity index (χ0v) is 10.9. The van der Waals surface area contributed by atoms with Crippen molar-refractivity contribution in [2.45, 2.75) is 33.7 Å². The Kier molecular flexibility index (Phi) is 5.95. The number of amides is 2. The third kappa shape index (κ3) is 5.04. The Balaban J connectivity index is 4.66. The first-order valence-corrected chi connectivity index (χ1v) is 5.63. The number of aliphatic carboxylic acids is 1. The van der Waals surface area contributed by atoms with Gasteiger partial charge < -0.3 is 20.4 Å². The third-order valence-corrected chi connectivity index (χ3v) is 2.42. The quantitative estimate of drug-likeness (QED) is 0.659. The van der Waals surface area contributed by atoms with Gasteiger partial charge in [0.05, 0.1) is 6.61 Å². The van der Waals surface area contributed by atoms with Crippen LogP contribution in [-0.2, 0) is 4.79 Å². The summed E-state index contributed by atoms with van der Waals surface area (Å²) in [6.45, 7) is 7.47. The van der Waals surface area contributed by atoms with E-state index in [-0.39, 0.29) is 13.2 Å². The lowest BCUT2D eigenvalue weighted by molar-refractivity contribution is -0.142. The number of carbonyl (C=O) groups is 2. The number of likely N-dealkylation sites (N-methyl/N-ethyl adjacent to an activating group) is 1. The predicted octanol–water partition coefficient (Wildman–Crippen LogP) is 0.509. The molecular formula is C11H22N2O4. The van der Waals surface area contributed by atoms with E-state index >= 15 is 0 Å². The van der Waals surface area contributed by atoms with Gasteiger partial charge in [0.2, 0.25) is 0 Å². The highest BCUT2D eigenvalue weighted by atomic mass is 16.4. The normalized spacial score (nSPS) is 13.0. The number of carboxylic acid groups (broad SMARTS) is 1. The zero-order valence-electron chi connectivity index (χ0n) is 10.9. The van der Waals surface area contributed by atoms with Crippen molar-refractivity contribution in [1.29, 1.82) is 0 Å². The second kappa shape index (κ2) is 6.44. The molecule has 0 rings (SSSR count). The van der Waals surface area contributed by atoms with Crippen molar-refractivity contribution >= 4 is 12.0 Å². The SMILES string of the molecule is CCN(CCO)C(=O)NC(C(=O)O)C(C)(C)C. The Morgan fingerprint density at radius 3 is 2.18 bits per heavy atom. The molecule has 2 amide bonds. The highest BCUT2D eigenvalue weighted by Crippen LogP contribution is 2.19. The molecule has 0 bridgehead atoms. The van der Waals surface area contributed by atoms with E-state index in [0.717, 1.165) is 0 Å². The first kappa shape index (κ1) is 15.7. The topological polar surface area (TPSA) is 89.9 Å². The van der Waals surface area contributed by atoms with Gasteiger partial charge in [0.15, 0.2) is 0 Å². The smallest absolute Gasteiger partial charge is 0.326 e. The van der Waals surface area contributed by atoms with Gasteiger partial charge in [0.25, 0.3) is 0 Å². The fourth-order valence-corrected chi connectivity index (χ4v) is 1.39. The Labute approximate surface area is 102 Å². The van der Waals surface area contributed by atoms with Gasteiger partial charge in [0.1, 0.15) is 6.04 Å². The molecule has 0 aromatic heterocycles. The molecule has 0 aliphatic heterocycles. The van der Waals surface area contributed by atoms with Crippen LogP contribution in [-0.4, -0.2) is 52.9 Å². The number of aliphatic hydroxyl groups is 1. The molecule has 17 heavy (non-hydrogen) atoms. The molecule has 6 nitrogen and oxygen atoms in total. The number of urea groups is 1. The maximum atomic E-state index is 11.8. The first-order chi connectivity index (χ1) is 7.73. The molecule has 0 aromatic carbocycles. The summed E-state index contributed by atoms with van der Waals surface area (Å²) in [5, 5.41) is 20.3. The summed E-state index contributed by atoms with van der Waals surface area (Å²) < 4.78 is 0. The second-order valence-corrected chi connectivity index (χ2v) is 4.89. The predicted molar refractivity (Wildman–Crippen MR) is 63.7 cm³/mol. The van der Waals surface area contributed by atoms with Gasteiger partial charge in [-0.15, -0.1) is 0 Å². The monoisotopic (exact) mass is 246 g/mol. The van der Waals surface area contributed by atoms with Crippen molar-refractivity contribution in [2.75, 3.05) is 19.7 Å². The largest absolute Gasteiger partial charge is 0.480 e. The fraction of sp³-hybridized carbons (Fsp3) is 0.818. The molecule has 0 aromatic rings. The Morgan fingerprint density at radius 1 is 1.35 bits per heavy atom. The lowest BCUT2D eigenvalue weighted by Crippen LogP contribution is -2.53. The van der Waals surface area contributed by atoms with Gasteiger partial charge in [0, 0.05) is 13.1 Å². The lowest BCUT2D eigenvalue weighted by atomic mass is 9.87. The fourth-order valence-electron chi connectivity index (χ4n) is 1.39. The van der Waals surface area contributed by atoms with Crippen LogP contribution in [0.4, 0.5) is 4.79 Å². The van der Waals surface area contributed by atoms with Gasteiger partial charge in [-0.1, -0.05) is 20.8 Å². The van der Waals surface area contributed by atoms with E-state index in [1.807, 2.05) is 0 Å². The van der Waals surface area contributed by atoms with E-state index in [0.29, 0.717) is 6.54 Å². The van der Waals surface area contributed by atoms with Gasteiger partial charge in [-0.05, 0) is 12.3 Å². The summed E-state index contributed by atoms with van der Waals surface area (Å²) in [4.78, 5) is 24.2. The molecule has 6 heteroatoms. The second-order valence-electron chi connectivity index (χ2n) is 4.89.